The summed E-state index contributed by atoms with van der Waals surface area (Å²) in [7, 11) is 0. The van der Waals surface area contributed by atoms with Crippen molar-refractivity contribution in [2.45, 2.75) is 178 Å². The summed E-state index contributed by atoms with van der Waals surface area (Å²) in [5.41, 5.74) is 32.2. The van der Waals surface area contributed by atoms with E-state index in [-0.39, 0.29) is 0 Å². The molecule has 0 saturated heterocycles. The van der Waals surface area contributed by atoms with Crippen LogP contribution in [0.2, 0.25) is 0 Å². The quantitative estimate of drug-likeness (QED) is 0.0394. The smallest absolute Gasteiger partial charge is 0.0184 e. The van der Waals surface area contributed by atoms with Gasteiger partial charge < -0.3 is 0 Å². The van der Waals surface area contributed by atoms with Crippen LogP contribution in [0.25, 0.3) is 66.8 Å². The maximum Gasteiger partial charge on any atom is -0.0184 e. The third-order valence-corrected chi connectivity index (χ3v) is 20.0. The highest BCUT2D eigenvalue weighted by Gasteiger charge is 2.06. The first-order valence-corrected chi connectivity index (χ1v) is 41.1. The maximum absolute atomic E-state index is 3.76. The number of aryl methyl sites for hydroxylation is 12. The first-order valence-electron chi connectivity index (χ1n) is 41.1. The molecule has 0 nitrogen and oxygen atoms in total. The summed E-state index contributed by atoms with van der Waals surface area (Å²) < 4.78 is 0. The van der Waals surface area contributed by atoms with Gasteiger partial charge in [0, 0.05) is 0 Å². The fourth-order valence-corrected chi connectivity index (χ4v) is 12.9. The fourth-order valence-electron chi connectivity index (χ4n) is 12.9. The van der Waals surface area contributed by atoms with Crippen LogP contribution in [0.15, 0.2) is 366 Å². The van der Waals surface area contributed by atoms with Crippen molar-refractivity contribution in [3.05, 3.63) is 432 Å². The van der Waals surface area contributed by atoms with E-state index >= 15 is 0 Å². The van der Waals surface area contributed by atoms with Gasteiger partial charge in [0.05, 0.1) is 0 Å². The standard InChI is InChI=1S/C20H24.2C19H22.2C18H20.C17H18/c1-3-5-6-8-18-11-15-20(16-12-18)19-13-9-17(7-4-2)10-14-19;1-3-5-6-7-17-10-14-19(15-11-17)18-12-8-16(4-2)9-13-18;1-3-5-7-17-10-14-19(15-11-17)18-12-8-16(6-4-2)9-13-18;1-3-4-5-6-16-9-13-18(14-10-16)17-11-7-15(2)8-12-17;1-3-5-6-16-9-13-18(14-10-16)17-11-7-15(4-2)8-12-17;1-3-4-5-15-8-12-17(13-9-15)16-10-6-14(2)7-11-16/h3,5,9-16H,4,6-8H2,1-2H3;3,5,8-15H,4,6-7H2,1-2H3;3,8-15H,1,4-7H2,2H3;3-4,7-14H,5-6H2,1-2H3;3,7-14H,1,4-6H2,2H3;3,6-13H,1,4-5H2,2H3/b2*5-3+;;4-3+;;. The van der Waals surface area contributed by atoms with Gasteiger partial charge in [-0.15, -0.1) is 19.7 Å². The van der Waals surface area contributed by atoms with E-state index < -0.39 is 0 Å². The minimum atomic E-state index is 1.05. The van der Waals surface area contributed by atoms with Crippen LogP contribution < -0.4 is 0 Å². The van der Waals surface area contributed by atoms with E-state index in [1.807, 2.05) is 18.2 Å². The summed E-state index contributed by atoms with van der Waals surface area (Å²) in [6, 6.07) is 106. The predicted octanol–water partition coefficient (Wildman–Crippen LogP) is 31.7. The van der Waals surface area contributed by atoms with Gasteiger partial charge in [-0.05, 0) is 260 Å². The lowest BCUT2D eigenvalue weighted by Crippen LogP contribution is -1.86. The highest BCUT2D eigenvalue weighted by molar-refractivity contribution is 5.68. The molecule has 0 heteroatoms. The summed E-state index contributed by atoms with van der Waals surface area (Å²) in [6.07, 6.45) is 39.0. The molecule has 0 aliphatic carbocycles. The van der Waals surface area contributed by atoms with Gasteiger partial charge in [-0.3, -0.25) is 0 Å². The lowest BCUT2D eigenvalue weighted by Gasteiger charge is -2.05. The predicted molar refractivity (Wildman–Crippen MR) is 492 cm³/mol. The molecule has 0 atom stereocenters. The van der Waals surface area contributed by atoms with Crippen molar-refractivity contribution in [2.24, 2.45) is 0 Å². The normalized spacial score (nSPS) is 10.7. The molecule has 0 aliphatic heterocycles. The minimum absolute atomic E-state index is 1.05. The van der Waals surface area contributed by atoms with Gasteiger partial charge in [-0.2, -0.15) is 0 Å². The highest BCUT2D eigenvalue weighted by atomic mass is 14.1. The van der Waals surface area contributed by atoms with Crippen LogP contribution in [0.4, 0.5) is 0 Å². The van der Waals surface area contributed by atoms with Gasteiger partial charge in [0.25, 0.3) is 0 Å². The van der Waals surface area contributed by atoms with Crippen molar-refractivity contribution in [1.82, 2.24) is 0 Å². The molecule has 0 heterocycles. The van der Waals surface area contributed by atoms with Crippen LogP contribution in [0, 0.1) is 13.8 Å². The molecule has 570 valence electrons. The molecule has 0 aliphatic rings. The average molecular weight is 1460 g/mol. The molecule has 111 heavy (non-hydrogen) atoms. The van der Waals surface area contributed by atoms with E-state index in [1.54, 1.807) is 0 Å². The Morgan fingerprint density at radius 3 is 0.477 bits per heavy atom. The highest BCUT2D eigenvalue weighted by Crippen LogP contribution is 2.28. The summed E-state index contributed by atoms with van der Waals surface area (Å²) in [5, 5.41) is 0. The summed E-state index contributed by atoms with van der Waals surface area (Å²) in [4.78, 5) is 0. The Hall–Kier alpha value is -10.9. The van der Waals surface area contributed by atoms with Crippen LogP contribution >= 0.6 is 0 Å². The Morgan fingerprint density at radius 2 is 0.333 bits per heavy atom. The fraction of sp³-hybridized carbons (Fsp3) is 0.243. The molecule has 0 N–H and O–H groups in total. The van der Waals surface area contributed by atoms with Crippen molar-refractivity contribution in [3.63, 3.8) is 0 Å². The lowest BCUT2D eigenvalue weighted by molar-refractivity contribution is 0.922. The molecule has 0 fully saturated rings. The molecule has 12 aromatic rings. The van der Waals surface area contributed by atoms with Crippen LogP contribution in [0.1, 0.15) is 167 Å². The number of hydrogen-bond donors (Lipinski definition) is 0. The van der Waals surface area contributed by atoms with Crippen molar-refractivity contribution < 1.29 is 0 Å². The van der Waals surface area contributed by atoms with Gasteiger partial charge in [0.15, 0.2) is 0 Å². The second-order valence-electron chi connectivity index (χ2n) is 28.7. The first kappa shape index (κ1) is 87.3. The number of rotatable bonds is 30. The van der Waals surface area contributed by atoms with Gasteiger partial charge in [-0.25, -0.2) is 0 Å². The SMILES string of the molecule is C/C=C/CCc1ccc(-c2ccc(C)cc2)cc1.C/C=C/CCc1ccc(-c2ccc(CC)cc2)cc1.C/C=C/CCc1ccc(-c2ccc(CCC)cc2)cc1.C=CCCc1ccc(-c2ccc(C)cc2)cc1.C=CCCc1ccc(-c2ccc(CC)cc2)cc1.C=CCCc1ccc(-c2ccc(CCC)cc2)cc1. The molecule has 0 bridgehead atoms. The molecule has 12 rings (SSSR count). The Kier molecular flexibility index (Phi) is 40.5. The Bertz CT molecular complexity index is 4580. The third-order valence-electron chi connectivity index (χ3n) is 20.0. The largest absolute Gasteiger partial charge is 0.103 e. The minimum Gasteiger partial charge on any atom is -0.103 e. The van der Waals surface area contributed by atoms with Gasteiger partial charge >= 0.3 is 0 Å². The van der Waals surface area contributed by atoms with E-state index in [4.69, 9.17) is 0 Å². The van der Waals surface area contributed by atoms with E-state index in [9.17, 15) is 0 Å². The Balaban J connectivity index is 0.000000185. The van der Waals surface area contributed by atoms with Crippen molar-refractivity contribution in [1.29, 1.82) is 0 Å². The molecule has 12 aromatic carbocycles. The lowest BCUT2D eigenvalue weighted by atomic mass is 10.00. The van der Waals surface area contributed by atoms with Gasteiger partial charge in [0.2, 0.25) is 0 Å². The molecular weight excluding hydrogens is 1330 g/mol. The zero-order chi connectivity index (χ0) is 78.9. The monoisotopic (exact) mass is 1460 g/mol. The number of hydrogen-bond acceptors (Lipinski definition) is 0. The third kappa shape index (κ3) is 32.3. The molecule has 0 amide bonds. The van der Waals surface area contributed by atoms with Gasteiger partial charge in [0.1, 0.15) is 0 Å². The zero-order valence-corrected chi connectivity index (χ0v) is 68.8. The second-order valence-corrected chi connectivity index (χ2v) is 28.7. The van der Waals surface area contributed by atoms with Crippen molar-refractivity contribution >= 4 is 0 Å². The molecule has 0 unspecified atom stereocenters. The maximum atomic E-state index is 3.76. The van der Waals surface area contributed by atoms with E-state index in [0.29, 0.717) is 0 Å². The topological polar surface area (TPSA) is 0 Å². The first-order chi connectivity index (χ1) is 54.4. The molecular formula is C111H126. The van der Waals surface area contributed by atoms with Crippen molar-refractivity contribution in [2.75, 3.05) is 0 Å². The number of benzene rings is 12. The van der Waals surface area contributed by atoms with Crippen LogP contribution in [0.3, 0.4) is 0 Å². The van der Waals surface area contributed by atoms with E-state index in [1.165, 1.54) is 159 Å². The Morgan fingerprint density at radius 1 is 0.189 bits per heavy atom. The van der Waals surface area contributed by atoms with Crippen LogP contribution in [-0.2, 0) is 64.2 Å². The van der Waals surface area contributed by atoms with Crippen LogP contribution in [-0.4, -0.2) is 0 Å². The summed E-state index contributed by atoms with van der Waals surface area (Å²) >= 11 is 0. The average Bonchev–Trinajstić information content (AvgIpc) is 0.960. The van der Waals surface area contributed by atoms with Crippen LogP contribution in [0.5, 0.6) is 0 Å². The van der Waals surface area contributed by atoms with Crippen molar-refractivity contribution in [3.8, 4) is 66.8 Å². The van der Waals surface area contributed by atoms with E-state index in [0.717, 1.165) is 89.9 Å². The van der Waals surface area contributed by atoms with Gasteiger partial charge in [-0.1, -0.05) is 398 Å². The molecule has 0 radical (unpaired) electrons. The zero-order valence-electron chi connectivity index (χ0n) is 68.8. The number of allylic oxidation sites excluding steroid dienone is 9. The molecule has 0 saturated carbocycles. The summed E-state index contributed by atoms with van der Waals surface area (Å²) in [5.74, 6) is 0. The summed E-state index contributed by atoms with van der Waals surface area (Å²) in [6.45, 7) is 30.5. The second kappa shape index (κ2) is 51.5. The molecule has 0 aromatic heterocycles. The Labute approximate surface area is 672 Å². The van der Waals surface area contributed by atoms with E-state index in [2.05, 4.69) is 410 Å². The molecule has 0 spiro atoms.